The van der Waals surface area contributed by atoms with Crippen molar-refractivity contribution < 1.29 is 23.9 Å². The second kappa shape index (κ2) is 5.85. The highest BCUT2D eigenvalue weighted by Gasteiger charge is 2.60. The molecule has 23 heavy (non-hydrogen) atoms. The topological polar surface area (TPSA) is 65.1 Å². The van der Waals surface area contributed by atoms with Gasteiger partial charge in [-0.25, -0.2) is 9.59 Å². The van der Waals surface area contributed by atoms with E-state index in [-0.39, 0.29) is 18.6 Å². The third-order valence-corrected chi connectivity index (χ3v) is 3.72. The molecular weight excluding hydrogens is 298 g/mol. The van der Waals surface area contributed by atoms with Gasteiger partial charge in [-0.1, -0.05) is 30.3 Å². The summed E-state index contributed by atoms with van der Waals surface area (Å²) >= 11 is 0. The van der Waals surface area contributed by atoms with E-state index < -0.39 is 23.7 Å². The normalized spacial score (nSPS) is 25.7. The molecular formula is C17H21NO5. The summed E-state index contributed by atoms with van der Waals surface area (Å²) in [6.07, 6.45) is 0.0351. The fraction of sp³-hybridized carbons (Fsp3) is 0.529. The van der Waals surface area contributed by atoms with Crippen LogP contribution in [0.4, 0.5) is 4.79 Å². The molecule has 1 aliphatic carbocycles. The third kappa shape index (κ3) is 3.64. The molecule has 0 bridgehead atoms. The van der Waals surface area contributed by atoms with Gasteiger partial charge in [0, 0.05) is 5.92 Å². The summed E-state index contributed by atoms with van der Waals surface area (Å²) in [5.74, 6) is -0.449. The van der Waals surface area contributed by atoms with E-state index in [1.807, 2.05) is 30.3 Å². The number of carbonyl (C=O) groups excluding carboxylic acids is 2. The fourth-order valence-electron chi connectivity index (χ4n) is 2.58. The van der Waals surface area contributed by atoms with Crippen LogP contribution >= 0.6 is 0 Å². The van der Waals surface area contributed by atoms with Crippen LogP contribution in [0.3, 0.4) is 0 Å². The van der Waals surface area contributed by atoms with Crippen LogP contribution in [-0.2, 0) is 25.7 Å². The van der Waals surface area contributed by atoms with Crippen molar-refractivity contribution in [3.8, 4) is 0 Å². The van der Waals surface area contributed by atoms with Crippen LogP contribution in [0.5, 0.6) is 0 Å². The molecule has 6 nitrogen and oxygen atoms in total. The number of nitrogens with zero attached hydrogens (tertiary/aromatic N) is 1. The largest absolute Gasteiger partial charge is 0.459 e. The van der Waals surface area contributed by atoms with Crippen LogP contribution in [0.15, 0.2) is 30.3 Å². The second-order valence-corrected chi connectivity index (χ2v) is 6.89. The minimum Gasteiger partial charge on any atom is -0.459 e. The minimum absolute atomic E-state index is 0.00536. The molecule has 1 aromatic carbocycles. The molecule has 3 rings (SSSR count). The molecule has 1 saturated heterocycles. The van der Waals surface area contributed by atoms with Crippen LogP contribution in [0, 0.1) is 5.92 Å². The lowest BCUT2D eigenvalue weighted by atomic mass is 10.2. The zero-order valence-electron chi connectivity index (χ0n) is 13.5. The van der Waals surface area contributed by atoms with Crippen LogP contribution in [0.25, 0.3) is 0 Å². The zero-order valence-corrected chi connectivity index (χ0v) is 13.5. The average Bonchev–Trinajstić information content (AvgIpc) is 3.14. The van der Waals surface area contributed by atoms with Crippen molar-refractivity contribution in [2.24, 2.45) is 5.92 Å². The van der Waals surface area contributed by atoms with E-state index in [2.05, 4.69) is 0 Å². The van der Waals surface area contributed by atoms with E-state index in [1.54, 1.807) is 20.8 Å². The van der Waals surface area contributed by atoms with Crippen molar-refractivity contribution in [1.82, 2.24) is 5.06 Å². The Labute approximate surface area is 135 Å². The number of benzene rings is 1. The van der Waals surface area contributed by atoms with E-state index in [0.717, 1.165) is 17.0 Å². The van der Waals surface area contributed by atoms with Crippen molar-refractivity contribution in [3.63, 3.8) is 0 Å². The van der Waals surface area contributed by atoms with Gasteiger partial charge in [0.15, 0.2) is 6.04 Å². The van der Waals surface area contributed by atoms with E-state index >= 15 is 0 Å². The monoisotopic (exact) mass is 319 g/mol. The summed E-state index contributed by atoms with van der Waals surface area (Å²) in [5.41, 5.74) is 0.252. The summed E-state index contributed by atoms with van der Waals surface area (Å²) < 4.78 is 10.6. The number of fused-ring (bicyclic) bond motifs is 1. The lowest BCUT2D eigenvalue weighted by Gasteiger charge is -2.27. The molecule has 124 valence electrons. The number of hydroxylamine groups is 2. The van der Waals surface area contributed by atoms with Gasteiger partial charge in [-0.05, 0) is 32.8 Å². The molecule has 0 aromatic heterocycles. The minimum atomic E-state index is -0.724. The maximum absolute atomic E-state index is 12.4. The van der Waals surface area contributed by atoms with Gasteiger partial charge in [0.05, 0.1) is 6.10 Å². The van der Waals surface area contributed by atoms with Gasteiger partial charge in [0.25, 0.3) is 0 Å². The van der Waals surface area contributed by atoms with E-state index in [4.69, 9.17) is 14.3 Å². The number of esters is 1. The lowest BCUT2D eigenvalue weighted by molar-refractivity contribution is -0.176. The quantitative estimate of drug-likeness (QED) is 0.801. The molecule has 0 N–H and O–H groups in total. The highest BCUT2D eigenvalue weighted by atomic mass is 16.8. The first-order valence-corrected chi connectivity index (χ1v) is 7.75. The summed E-state index contributed by atoms with van der Waals surface area (Å²) in [6.45, 7) is 5.48. The molecule has 2 fully saturated rings. The van der Waals surface area contributed by atoms with Gasteiger partial charge in [0.2, 0.25) is 0 Å². The number of hydrogen-bond acceptors (Lipinski definition) is 5. The van der Waals surface area contributed by atoms with Crippen LogP contribution in [0.1, 0.15) is 32.8 Å². The summed E-state index contributed by atoms with van der Waals surface area (Å²) in [5, 5.41) is 1.04. The number of carbonyl (C=O) groups is 2. The van der Waals surface area contributed by atoms with Gasteiger partial charge in [-0.15, -0.1) is 0 Å². The summed E-state index contributed by atoms with van der Waals surface area (Å²) in [4.78, 5) is 30.1. The molecule has 1 aliphatic heterocycles. The van der Waals surface area contributed by atoms with Gasteiger partial charge in [-0.2, -0.15) is 5.06 Å². The lowest BCUT2D eigenvalue weighted by Crippen LogP contribution is -2.45. The van der Waals surface area contributed by atoms with Gasteiger partial charge in [-0.3, -0.25) is 4.84 Å². The van der Waals surface area contributed by atoms with Gasteiger partial charge >= 0.3 is 12.1 Å². The predicted octanol–water partition coefficient (Wildman–Crippen LogP) is 2.67. The Morgan fingerprint density at radius 2 is 1.96 bits per heavy atom. The Morgan fingerprint density at radius 1 is 1.26 bits per heavy atom. The van der Waals surface area contributed by atoms with Crippen molar-refractivity contribution in [2.75, 3.05) is 0 Å². The first-order chi connectivity index (χ1) is 10.8. The predicted molar refractivity (Wildman–Crippen MR) is 81.1 cm³/mol. The Kier molecular flexibility index (Phi) is 4.02. The van der Waals surface area contributed by atoms with E-state index in [1.165, 1.54) is 0 Å². The zero-order chi connectivity index (χ0) is 16.6. The molecule has 0 spiro atoms. The SMILES string of the molecule is CC(C)(C)OC(=O)N1OC2CC2C1C(=O)OCc1ccccc1. The van der Waals surface area contributed by atoms with E-state index in [0.29, 0.717) is 0 Å². The average molecular weight is 319 g/mol. The molecule has 3 unspecified atom stereocenters. The smallest absolute Gasteiger partial charge is 0.435 e. The highest BCUT2D eigenvalue weighted by molar-refractivity contribution is 5.82. The standard InChI is InChI=1S/C17H21NO5/c1-17(2,3)22-16(20)18-14(12-9-13(12)23-18)15(19)21-10-11-7-5-4-6-8-11/h4-8,12-14H,9-10H2,1-3H3. The summed E-state index contributed by atoms with van der Waals surface area (Å²) in [6, 6.07) is 8.69. The van der Waals surface area contributed by atoms with Crippen LogP contribution < -0.4 is 0 Å². The van der Waals surface area contributed by atoms with Gasteiger partial charge < -0.3 is 9.47 Å². The highest BCUT2D eigenvalue weighted by Crippen LogP contribution is 2.46. The van der Waals surface area contributed by atoms with Crippen LogP contribution in [0.2, 0.25) is 0 Å². The number of amides is 1. The molecule has 2 aliphatic rings. The first-order valence-electron chi connectivity index (χ1n) is 7.75. The Hall–Kier alpha value is -2.08. The number of rotatable bonds is 3. The van der Waals surface area contributed by atoms with Crippen molar-refractivity contribution in [3.05, 3.63) is 35.9 Å². The third-order valence-electron chi connectivity index (χ3n) is 3.72. The second-order valence-electron chi connectivity index (χ2n) is 6.89. The first kappa shape index (κ1) is 15.8. The molecule has 3 atom stereocenters. The van der Waals surface area contributed by atoms with Gasteiger partial charge in [0.1, 0.15) is 12.2 Å². The Bertz CT molecular complexity index is 595. The van der Waals surface area contributed by atoms with Crippen molar-refractivity contribution in [1.29, 1.82) is 0 Å². The van der Waals surface area contributed by atoms with E-state index in [9.17, 15) is 9.59 Å². The maximum atomic E-state index is 12.4. The van der Waals surface area contributed by atoms with Crippen LogP contribution in [-0.4, -0.2) is 34.9 Å². The molecule has 1 aromatic rings. The molecule has 1 saturated carbocycles. The Balaban J connectivity index is 1.62. The number of hydrogen-bond donors (Lipinski definition) is 0. The van der Waals surface area contributed by atoms with Crippen molar-refractivity contribution >= 4 is 12.1 Å². The molecule has 6 heteroatoms. The molecule has 0 radical (unpaired) electrons. The number of ether oxygens (including phenoxy) is 2. The molecule has 1 amide bonds. The van der Waals surface area contributed by atoms with Crippen molar-refractivity contribution in [2.45, 2.75) is 51.5 Å². The summed E-state index contributed by atoms with van der Waals surface area (Å²) in [7, 11) is 0. The Morgan fingerprint density at radius 3 is 2.61 bits per heavy atom. The fourth-order valence-corrected chi connectivity index (χ4v) is 2.58. The molecule has 1 heterocycles. The maximum Gasteiger partial charge on any atom is 0.435 e.